The van der Waals surface area contributed by atoms with Gasteiger partial charge in [-0.1, -0.05) is 44.2 Å². The average Bonchev–Trinajstić information content (AvgIpc) is 3.10. The SMILES string of the molecule is CC(C)C(=O)Nc1ccc(CNC(=O)NCCc2c[nH]c3ccccc23)cc1. The van der Waals surface area contributed by atoms with Crippen LogP contribution in [0, 0.1) is 5.92 Å². The highest BCUT2D eigenvalue weighted by atomic mass is 16.2. The summed E-state index contributed by atoms with van der Waals surface area (Å²) < 4.78 is 0. The molecular formula is C22H26N4O2. The normalized spacial score (nSPS) is 10.8. The molecule has 0 saturated carbocycles. The summed E-state index contributed by atoms with van der Waals surface area (Å²) in [4.78, 5) is 26.9. The molecule has 0 bridgehead atoms. The first-order valence-corrected chi connectivity index (χ1v) is 9.49. The summed E-state index contributed by atoms with van der Waals surface area (Å²) in [5.41, 5.74) is 4.02. The third kappa shape index (κ3) is 5.13. The molecule has 2 aromatic carbocycles. The number of fused-ring (bicyclic) bond motifs is 1. The first kappa shape index (κ1) is 19.5. The van der Waals surface area contributed by atoms with Gasteiger partial charge in [-0.05, 0) is 35.7 Å². The van der Waals surface area contributed by atoms with Gasteiger partial charge in [-0.3, -0.25) is 4.79 Å². The maximum absolute atomic E-state index is 12.0. The standard InChI is InChI=1S/C22H26N4O2/c1-15(2)21(27)26-18-9-7-16(8-10-18)13-25-22(28)23-12-11-17-14-24-20-6-4-3-5-19(17)20/h3-10,14-15,24H,11-13H2,1-2H3,(H,26,27)(H2,23,25,28). The van der Waals surface area contributed by atoms with Gasteiger partial charge in [0, 0.05) is 41.8 Å². The maximum Gasteiger partial charge on any atom is 0.315 e. The van der Waals surface area contributed by atoms with Gasteiger partial charge in [0.15, 0.2) is 0 Å². The van der Waals surface area contributed by atoms with Gasteiger partial charge in [0.25, 0.3) is 0 Å². The van der Waals surface area contributed by atoms with Gasteiger partial charge in [0.05, 0.1) is 0 Å². The van der Waals surface area contributed by atoms with Crippen molar-refractivity contribution in [3.63, 3.8) is 0 Å². The largest absolute Gasteiger partial charge is 0.361 e. The van der Waals surface area contributed by atoms with E-state index in [-0.39, 0.29) is 17.9 Å². The molecule has 0 aliphatic rings. The summed E-state index contributed by atoms with van der Waals surface area (Å²) in [6.45, 7) is 4.70. The molecule has 146 valence electrons. The minimum atomic E-state index is -0.197. The highest BCUT2D eigenvalue weighted by Crippen LogP contribution is 2.17. The number of benzene rings is 2. The molecular weight excluding hydrogens is 352 g/mol. The monoisotopic (exact) mass is 378 g/mol. The topological polar surface area (TPSA) is 86.0 Å². The Bertz CT molecular complexity index is 945. The maximum atomic E-state index is 12.0. The predicted molar refractivity (Wildman–Crippen MR) is 112 cm³/mol. The molecule has 6 nitrogen and oxygen atoms in total. The number of H-pyrrole nitrogens is 1. The van der Waals surface area contributed by atoms with Crippen LogP contribution in [0.5, 0.6) is 0 Å². The van der Waals surface area contributed by atoms with E-state index in [1.165, 1.54) is 10.9 Å². The van der Waals surface area contributed by atoms with Crippen LogP contribution < -0.4 is 16.0 Å². The molecule has 3 rings (SSSR count). The smallest absolute Gasteiger partial charge is 0.315 e. The number of aromatic amines is 1. The molecule has 0 aliphatic carbocycles. The van der Waals surface area contributed by atoms with Crippen molar-refractivity contribution in [3.8, 4) is 0 Å². The Kier molecular flexibility index (Phi) is 6.32. The molecule has 3 amide bonds. The summed E-state index contributed by atoms with van der Waals surface area (Å²) in [6.07, 6.45) is 2.76. The zero-order valence-electron chi connectivity index (χ0n) is 16.2. The fourth-order valence-corrected chi connectivity index (χ4v) is 2.89. The molecule has 0 unspecified atom stereocenters. The van der Waals surface area contributed by atoms with Crippen LogP contribution in [0.2, 0.25) is 0 Å². The molecule has 28 heavy (non-hydrogen) atoms. The van der Waals surface area contributed by atoms with Gasteiger partial charge in [-0.2, -0.15) is 0 Å². The molecule has 0 spiro atoms. The second kappa shape index (κ2) is 9.08. The second-order valence-electron chi connectivity index (χ2n) is 7.06. The number of hydrogen-bond acceptors (Lipinski definition) is 2. The molecule has 4 N–H and O–H groups in total. The molecule has 0 aliphatic heterocycles. The zero-order valence-corrected chi connectivity index (χ0v) is 16.2. The van der Waals surface area contributed by atoms with Crippen LogP contribution in [0.4, 0.5) is 10.5 Å². The molecule has 0 atom stereocenters. The molecule has 3 aromatic rings. The Labute approximate surface area is 164 Å². The van der Waals surface area contributed by atoms with Gasteiger partial charge in [0.1, 0.15) is 0 Å². The van der Waals surface area contributed by atoms with Crippen molar-refractivity contribution in [1.82, 2.24) is 15.6 Å². The van der Waals surface area contributed by atoms with Crippen molar-refractivity contribution in [2.45, 2.75) is 26.8 Å². The van der Waals surface area contributed by atoms with E-state index >= 15 is 0 Å². The van der Waals surface area contributed by atoms with Crippen molar-refractivity contribution >= 4 is 28.5 Å². The van der Waals surface area contributed by atoms with Gasteiger partial charge in [-0.25, -0.2) is 4.79 Å². The Hall–Kier alpha value is -3.28. The number of amides is 3. The number of carbonyl (C=O) groups is 2. The van der Waals surface area contributed by atoms with Crippen molar-refractivity contribution in [2.75, 3.05) is 11.9 Å². The molecule has 1 heterocycles. The third-order valence-electron chi connectivity index (χ3n) is 4.55. The molecule has 6 heteroatoms. The summed E-state index contributed by atoms with van der Waals surface area (Å²) in [6, 6.07) is 15.4. The first-order chi connectivity index (χ1) is 13.5. The Morgan fingerprint density at radius 3 is 2.50 bits per heavy atom. The summed E-state index contributed by atoms with van der Waals surface area (Å²) in [5, 5.41) is 9.77. The van der Waals surface area contributed by atoms with Crippen LogP contribution in [-0.4, -0.2) is 23.5 Å². The lowest BCUT2D eigenvalue weighted by molar-refractivity contribution is -0.118. The van der Waals surface area contributed by atoms with Crippen LogP contribution in [0.15, 0.2) is 54.7 Å². The van der Waals surface area contributed by atoms with Crippen LogP contribution >= 0.6 is 0 Å². The fourth-order valence-electron chi connectivity index (χ4n) is 2.89. The van der Waals surface area contributed by atoms with Crippen molar-refractivity contribution in [3.05, 3.63) is 65.9 Å². The first-order valence-electron chi connectivity index (χ1n) is 9.49. The number of nitrogens with one attached hydrogen (secondary N) is 4. The van der Waals surface area contributed by atoms with Gasteiger partial charge >= 0.3 is 6.03 Å². The molecule has 0 saturated heterocycles. The molecule has 1 aromatic heterocycles. The minimum absolute atomic E-state index is 0.0135. The lowest BCUT2D eigenvalue weighted by atomic mass is 10.1. The summed E-state index contributed by atoms with van der Waals surface area (Å²) in [5.74, 6) is -0.0743. The van der Waals surface area contributed by atoms with E-state index in [0.717, 1.165) is 23.2 Å². The Morgan fingerprint density at radius 2 is 1.75 bits per heavy atom. The van der Waals surface area contributed by atoms with Gasteiger partial charge in [-0.15, -0.1) is 0 Å². The number of para-hydroxylation sites is 1. The third-order valence-corrected chi connectivity index (χ3v) is 4.55. The second-order valence-corrected chi connectivity index (χ2v) is 7.06. The zero-order chi connectivity index (χ0) is 19.9. The molecule has 0 fully saturated rings. The van der Waals surface area contributed by atoms with Gasteiger partial charge in [0.2, 0.25) is 5.91 Å². The highest BCUT2D eigenvalue weighted by Gasteiger charge is 2.07. The number of anilines is 1. The van der Waals surface area contributed by atoms with Crippen molar-refractivity contribution in [2.24, 2.45) is 5.92 Å². The van der Waals surface area contributed by atoms with Crippen LogP contribution in [0.3, 0.4) is 0 Å². The number of rotatable bonds is 7. The van der Waals surface area contributed by atoms with E-state index in [1.807, 2.05) is 62.5 Å². The summed E-state index contributed by atoms with van der Waals surface area (Å²) >= 11 is 0. The van der Waals surface area contributed by atoms with E-state index in [0.29, 0.717) is 13.1 Å². The minimum Gasteiger partial charge on any atom is -0.361 e. The van der Waals surface area contributed by atoms with Gasteiger partial charge < -0.3 is 20.9 Å². The predicted octanol–water partition coefficient (Wildman–Crippen LogP) is 3.80. The Balaban J connectivity index is 1.41. The van der Waals surface area contributed by atoms with Crippen LogP contribution in [0.25, 0.3) is 10.9 Å². The average molecular weight is 378 g/mol. The molecule has 0 radical (unpaired) electrons. The van der Waals surface area contributed by atoms with E-state index < -0.39 is 0 Å². The number of hydrogen-bond donors (Lipinski definition) is 4. The van der Waals surface area contributed by atoms with Crippen molar-refractivity contribution in [1.29, 1.82) is 0 Å². The number of urea groups is 1. The number of aromatic nitrogens is 1. The van der Waals surface area contributed by atoms with Crippen LogP contribution in [0.1, 0.15) is 25.0 Å². The number of carbonyl (C=O) groups excluding carboxylic acids is 2. The summed E-state index contributed by atoms with van der Waals surface area (Å²) in [7, 11) is 0. The highest BCUT2D eigenvalue weighted by molar-refractivity contribution is 5.92. The lowest BCUT2D eigenvalue weighted by Gasteiger charge is -2.10. The van der Waals surface area contributed by atoms with Crippen LogP contribution in [-0.2, 0) is 17.8 Å². The van der Waals surface area contributed by atoms with E-state index in [1.54, 1.807) is 0 Å². The van der Waals surface area contributed by atoms with Crippen molar-refractivity contribution < 1.29 is 9.59 Å². The van der Waals surface area contributed by atoms with E-state index in [9.17, 15) is 9.59 Å². The Morgan fingerprint density at radius 1 is 1.00 bits per heavy atom. The fraction of sp³-hybridized carbons (Fsp3) is 0.273. The lowest BCUT2D eigenvalue weighted by Crippen LogP contribution is -2.36. The van der Waals surface area contributed by atoms with E-state index in [4.69, 9.17) is 0 Å². The van der Waals surface area contributed by atoms with E-state index in [2.05, 4.69) is 27.0 Å². The quantitative estimate of drug-likeness (QED) is 0.504.